The number of amides is 4. The Morgan fingerprint density at radius 1 is 1.15 bits per heavy atom. The summed E-state index contributed by atoms with van der Waals surface area (Å²) in [6.07, 6.45) is 11.1. The molecule has 168 valence electrons. The smallest absolute Gasteiger partial charge is 0.324 e. The number of imide groups is 1. The highest BCUT2D eigenvalue weighted by Gasteiger charge is 2.33. The van der Waals surface area contributed by atoms with Crippen molar-refractivity contribution in [3.05, 3.63) is 77.7 Å². The summed E-state index contributed by atoms with van der Waals surface area (Å²) in [6.45, 7) is 2.38. The lowest BCUT2D eigenvalue weighted by Crippen LogP contribution is -2.31. The number of anilines is 3. The number of aryl methyl sites for hydroxylation is 1. The zero-order valence-electron chi connectivity index (χ0n) is 18.4. The highest BCUT2D eigenvalue weighted by Crippen LogP contribution is 2.23. The summed E-state index contributed by atoms with van der Waals surface area (Å²) in [6, 6.07) is 7.00. The topological polar surface area (TPSA) is 108 Å². The predicted octanol–water partition coefficient (Wildman–Crippen LogP) is 3.17. The molecule has 4 amide bonds. The number of nitrogens with one attached hydrogen (secondary N) is 2. The summed E-state index contributed by atoms with van der Waals surface area (Å²) in [5, 5.41) is 6.07. The Morgan fingerprint density at radius 2 is 1.94 bits per heavy atom. The lowest BCUT2D eigenvalue weighted by atomic mass is 10.1. The van der Waals surface area contributed by atoms with Gasteiger partial charge in [-0.05, 0) is 48.8 Å². The molecule has 1 aromatic heterocycles. The molecule has 1 aliphatic carbocycles. The van der Waals surface area contributed by atoms with Gasteiger partial charge < -0.3 is 15.5 Å². The van der Waals surface area contributed by atoms with E-state index < -0.39 is 0 Å². The number of benzene rings is 1. The fraction of sp³-hybridized carbons (Fsp3) is 0.208. The van der Waals surface area contributed by atoms with Crippen LogP contribution >= 0.6 is 0 Å². The molecule has 9 nitrogen and oxygen atoms in total. The zero-order valence-corrected chi connectivity index (χ0v) is 18.4. The summed E-state index contributed by atoms with van der Waals surface area (Å²) < 4.78 is 0. The number of rotatable bonds is 6. The molecule has 0 spiro atoms. The molecule has 0 unspecified atom stereocenters. The fourth-order valence-corrected chi connectivity index (χ4v) is 3.48. The third-order valence-electron chi connectivity index (χ3n) is 5.40. The summed E-state index contributed by atoms with van der Waals surface area (Å²) in [4.78, 5) is 47.6. The molecule has 2 aromatic rings. The number of hydrogen-bond donors (Lipinski definition) is 2. The predicted molar refractivity (Wildman–Crippen MR) is 125 cm³/mol. The SMILES string of the molecule is Cc1ccc(NC(=O)C2=CC=C(CN3CC(=O)N(C)C3=O)CC=C2)cc1Nc1ncccn1. The number of urea groups is 1. The van der Waals surface area contributed by atoms with Crippen LogP contribution < -0.4 is 10.6 Å². The minimum atomic E-state index is -0.305. The van der Waals surface area contributed by atoms with Crippen LogP contribution in [-0.4, -0.2) is 57.8 Å². The van der Waals surface area contributed by atoms with E-state index in [9.17, 15) is 14.4 Å². The minimum Gasteiger partial charge on any atom is -0.324 e. The Hall–Kier alpha value is -4.27. The lowest BCUT2D eigenvalue weighted by Gasteiger charge is -2.15. The summed E-state index contributed by atoms with van der Waals surface area (Å²) in [5.41, 5.74) is 3.85. The van der Waals surface area contributed by atoms with Gasteiger partial charge in [0.25, 0.3) is 5.91 Å². The number of nitrogens with zero attached hydrogens (tertiary/aromatic N) is 4. The molecule has 2 N–H and O–H groups in total. The second kappa shape index (κ2) is 9.47. The molecular formula is C24H24N6O3. The largest absolute Gasteiger partial charge is 0.327 e. The fourth-order valence-electron chi connectivity index (χ4n) is 3.48. The number of likely N-dealkylation sites (N-methyl/N-ethyl adjacent to an activating group) is 1. The first-order chi connectivity index (χ1) is 15.9. The average Bonchev–Trinajstić information content (AvgIpc) is 2.97. The second-order valence-electron chi connectivity index (χ2n) is 7.83. The molecule has 1 fully saturated rings. The van der Waals surface area contributed by atoms with Gasteiger partial charge >= 0.3 is 6.03 Å². The van der Waals surface area contributed by atoms with Crippen LogP contribution in [0.2, 0.25) is 0 Å². The van der Waals surface area contributed by atoms with Gasteiger partial charge in [0.15, 0.2) is 0 Å². The van der Waals surface area contributed by atoms with Crippen molar-refractivity contribution >= 4 is 35.2 Å². The zero-order chi connectivity index (χ0) is 23.4. The van der Waals surface area contributed by atoms with Gasteiger partial charge in [0.05, 0.1) is 0 Å². The van der Waals surface area contributed by atoms with E-state index in [0.717, 1.165) is 21.7 Å². The van der Waals surface area contributed by atoms with Crippen molar-refractivity contribution in [1.82, 2.24) is 19.8 Å². The molecule has 0 saturated carbocycles. The summed E-state index contributed by atoms with van der Waals surface area (Å²) >= 11 is 0. The molecule has 0 radical (unpaired) electrons. The van der Waals surface area contributed by atoms with E-state index in [1.807, 2.05) is 37.3 Å². The Kier molecular flexibility index (Phi) is 6.30. The van der Waals surface area contributed by atoms with Crippen molar-refractivity contribution in [2.75, 3.05) is 30.8 Å². The molecule has 2 heterocycles. The number of hydrogen-bond acceptors (Lipinski definition) is 6. The molecular weight excluding hydrogens is 420 g/mol. The third-order valence-corrected chi connectivity index (χ3v) is 5.40. The normalized spacial score (nSPS) is 15.8. The maximum atomic E-state index is 12.8. The van der Waals surface area contributed by atoms with Crippen molar-refractivity contribution in [3.63, 3.8) is 0 Å². The van der Waals surface area contributed by atoms with Crippen LogP contribution in [-0.2, 0) is 9.59 Å². The van der Waals surface area contributed by atoms with Crippen LogP contribution in [0.15, 0.2) is 72.1 Å². The van der Waals surface area contributed by atoms with Crippen molar-refractivity contribution < 1.29 is 14.4 Å². The van der Waals surface area contributed by atoms with Gasteiger partial charge in [-0.15, -0.1) is 0 Å². The Bertz CT molecular complexity index is 1190. The maximum absolute atomic E-state index is 12.8. The second-order valence-corrected chi connectivity index (χ2v) is 7.83. The molecule has 1 saturated heterocycles. The van der Waals surface area contributed by atoms with Gasteiger partial charge in [-0.2, -0.15) is 0 Å². The first-order valence-corrected chi connectivity index (χ1v) is 10.5. The molecule has 0 bridgehead atoms. The number of carbonyl (C=O) groups excluding carboxylic acids is 3. The molecule has 0 atom stereocenters. The van der Waals surface area contributed by atoms with Gasteiger partial charge in [-0.3, -0.25) is 14.5 Å². The molecule has 1 aromatic carbocycles. The van der Waals surface area contributed by atoms with Gasteiger partial charge in [-0.1, -0.05) is 24.3 Å². The number of allylic oxidation sites excluding steroid dienone is 3. The first kappa shape index (κ1) is 21.9. The standard InChI is InChI=1S/C24H24N6O3/c1-16-7-10-19(13-20(16)28-23-25-11-4-12-26-23)27-22(32)18-6-3-5-17(8-9-18)14-30-15-21(31)29(2)24(30)33/h3-4,6-13H,5,14-15H2,1-2H3,(H,27,32)(H,25,26,28). The Morgan fingerprint density at radius 3 is 2.67 bits per heavy atom. The monoisotopic (exact) mass is 444 g/mol. The van der Waals surface area contributed by atoms with Crippen LogP contribution in [0.25, 0.3) is 0 Å². The van der Waals surface area contributed by atoms with E-state index in [0.29, 0.717) is 30.2 Å². The van der Waals surface area contributed by atoms with E-state index in [-0.39, 0.29) is 24.4 Å². The van der Waals surface area contributed by atoms with Gasteiger partial charge in [-0.25, -0.2) is 14.8 Å². The Labute approximate surface area is 191 Å². The highest BCUT2D eigenvalue weighted by atomic mass is 16.2. The molecule has 4 rings (SSSR count). The third kappa shape index (κ3) is 5.15. The van der Waals surface area contributed by atoms with Crippen molar-refractivity contribution in [2.45, 2.75) is 13.3 Å². The van der Waals surface area contributed by atoms with Gasteiger partial charge in [0.1, 0.15) is 6.54 Å². The average molecular weight is 444 g/mol. The number of aromatic nitrogens is 2. The Balaban J connectivity index is 1.43. The minimum absolute atomic E-state index is 0.0747. The van der Waals surface area contributed by atoms with Crippen molar-refractivity contribution in [3.8, 4) is 0 Å². The van der Waals surface area contributed by atoms with Crippen LogP contribution in [0.1, 0.15) is 12.0 Å². The molecule has 2 aliphatic rings. The van der Waals surface area contributed by atoms with Crippen LogP contribution in [0.5, 0.6) is 0 Å². The van der Waals surface area contributed by atoms with Crippen molar-refractivity contribution in [2.24, 2.45) is 0 Å². The summed E-state index contributed by atoms with van der Waals surface area (Å²) in [7, 11) is 1.48. The van der Waals surface area contributed by atoms with E-state index in [1.54, 1.807) is 30.6 Å². The maximum Gasteiger partial charge on any atom is 0.327 e. The molecule has 9 heteroatoms. The van der Waals surface area contributed by atoms with E-state index in [4.69, 9.17) is 0 Å². The van der Waals surface area contributed by atoms with Crippen molar-refractivity contribution in [1.29, 1.82) is 0 Å². The van der Waals surface area contributed by atoms with Crippen LogP contribution in [0.4, 0.5) is 22.1 Å². The quantitative estimate of drug-likeness (QED) is 0.663. The molecule has 1 aliphatic heterocycles. The van der Waals surface area contributed by atoms with Gasteiger partial charge in [0, 0.05) is 42.9 Å². The van der Waals surface area contributed by atoms with E-state index in [2.05, 4.69) is 20.6 Å². The van der Waals surface area contributed by atoms with Crippen LogP contribution in [0.3, 0.4) is 0 Å². The highest BCUT2D eigenvalue weighted by molar-refractivity contribution is 6.06. The van der Waals surface area contributed by atoms with E-state index in [1.165, 1.54) is 11.9 Å². The molecule has 33 heavy (non-hydrogen) atoms. The first-order valence-electron chi connectivity index (χ1n) is 10.5. The van der Waals surface area contributed by atoms with Gasteiger partial charge in [0.2, 0.25) is 11.9 Å². The lowest BCUT2D eigenvalue weighted by molar-refractivity contribution is -0.124. The summed E-state index contributed by atoms with van der Waals surface area (Å²) in [5.74, 6) is 0.00774. The number of carbonyl (C=O) groups is 3. The van der Waals surface area contributed by atoms with E-state index >= 15 is 0 Å². The van der Waals surface area contributed by atoms with Crippen LogP contribution in [0, 0.1) is 6.92 Å².